The Morgan fingerprint density at radius 3 is 2.67 bits per heavy atom. The molecular weight excluding hydrogens is 198 g/mol. The molecule has 0 aliphatic carbocycles. The fourth-order valence-corrected chi connectivity index (χ4v) is 1.43. The van der Waals surface area contributed by atoms with Crippen molar-refractivity contribution in [3.05, 3.63) is 0 Å². The summed E-state index contributed by atoms with van der Waals surface area (Å²) in [5.41, 5.74) is -1.13. The van der Waals surface area contributed by atoms with Crippen LogP contribution in [-0.2, 0) is 9.53 Å². The lowest BCUT2D eigenvalue weighted by molar-refractivity contribution is -0.129. The van der Waals surface area contributed by atoms with Crippen LogP contribution in [0.15, 0.2) is 0 Å². The largest absolute Gasteiger partial charge is 0.467 e. The molecule has 0 aliphatic heterocycles. The van der Waals surface area contributed by atoms with Crippen LogP contribution in [-0.4, -0.2) is 60.0 Å². The fourth-order valence-electron chi connectivity index (χ4n) is 1.43. The highest BCUT2D eigenvalue weighted by Crippen LogP contribution is 2.13. The molecule has 0 heterocycles. The molecule has 0 radical (unpaired) electrons. The first kappa shape index (κ1) is 14.3. The standard InChI is InChI=1S/C10H21NO4/c1-4-9(13)10(2,14)7-11(3)5-6-15-8-12/h8-9,13-14H,4-7H2,1-3H3. The van der Waals surface area contributed by atoms with E-state index in [2.05, 4.69) is 4.74 Å². The van der Waals surface area contributed by atoms with E-state index in [0.29, 0.717) is 26.0 Å². The number of aliphatic hydroxyl groups excluding tert-OH is 1. The highest BCUT2D eigenvalue weighted by molar-refractivity contribution is 5.36. The number of carbonyl (C=O) groups excluding carboxylic acids is 1. The maximum atomic E-state index is 9.91. The normalized spacial score (nSPS) is 17.2. The summed E-state index contributed by atoms with van der Waals surface area (Å²) < 4.78 is 4.54. The smallest absolute Gasteiger partial charge is 0.293 e. The number of hydrogen-bond donors (Lipinski definition) is 2. The van der Waals surface area contributed by atoms with Gasteiger partial charge in [0.25, 0.3) is 6.47 Å². The van der Waals surface area contributed by atoms with Gasteiger partial charge in [-0.05, 0) is 20.4 Å². The molecule has 0 aliphatic rings. The number of aliphatic hydroxyl groups is 2. The van der Waals surface area contributed by atoms with E-state index in [-0.39, 0.29) is 6.61 Å². The maximum Gasteiger partial charge on any atom is 0.293 e. The van der Waals surface area contributed by atoms with Crippen LogP contribution < -0.4 is 0 Å². The highest BCUT2D eigenvalue weighted by atomic mass is 16.5. The van der Waals surface area contributed by atoms with Gasteiger partial charge < -0.3 is 19.8 Å². The van der Waals surface area contributed by atoms with Gasteiger partial charge in [-0.25, -0.2) is 0 Å². The molecule has 0 amide bonds. The van der Waals surface area contributed by atoms with Crippen molar-refractivity contribution in [1.29, 1.82) is 0 Å². The summed E-state index contributed by atoms with van der Waals surface area (Å²) in [7, 11) is 1.80. The first-order chi connectivity index (χ1) is 6.94. The van der Waals surface area contributed by atoms with E-state index in [1.54, 1.807) is 14.0 Å². The molecule has 0 spiro atoms. The van der Waals surface area contributed by atoms with Crippen molar-refractivity contribution in [3.63, 3.8) is 0 Å². The topological polar surface area (TPSA) is 70.0 Å². The van der Waals surface area contributed by atoms with Crippen LogP contribution >= 0.6 is 0 Å². The molecule has 2 atom stereocenters. The Morgan fingerprint density at radius 2 is 2.20 bits per heavy atom. The molecule has 2 unspecified atom stereocenters. The van der Waals surface area contributed by atoms with Gasteiger partial charge in [-0.1, -0.05) is 6.92 Å². The molecule has 0 aromatic heterocycles. The van der Waals surface area contributed by atoms with Crippen molar-refractivity contribution in [2.45, 2.75) is 32.0 Å². The minimum absolute atomic E-state index is 0.290. The molecule has 0 aromatic rings. The van der Waals surface area contributed by atoms with Gasteiger partial charge in [0.05, 0.1) is 6.10 Å². The van der Waals surface area contributed by atoms with Gasteiger partial charge in [-0.15, -0.1) is 0 Å². The molecule has 0 saturated heterocycles. The van der Waals surface area contributed by atoms with Crippen molar-refractivity contribution < 1.29 is 19.7 Å². The third-order valence-electron chi connectivity index (χ3n) is 2.35. The van der Waals surface area contributed by atoms with Crippen molar-refractivity contribution in [1.82, 2.24) is 4.90 Å². The molecule has 2 N–H and O–H groups in total. The van der Waals surface area contributed by atoms with E-state index in [9.17, 15) is 15.0 Å². The van der Waals surface area contributed by atoms with Crippen molar-refractivity contribution in [2.24, 2.45) is 0 Å². The van der Waals surface area contributed by atoms with E-state index in [1.807, 2.05) is 11.8 Å². The van der Waals surface area contributed by atoms with E-state index < -0.39 is 11.7 Å². The third-order valence-corrected chi connectivity index (χ3v) is 2.35. The van der Waals surface area contributed by atoms with Gasteiger partial charge in [0.15, 0.2) is 0 Å². The molecule has 0 bridgehead atoms. The highest BCUT2D eigenvalue weighted by Gasteiger charge is 2.30. The van der Waals surface area contributed by atoms with Crippen LogP contribution in [0, 0.1) is 0 Å². The second-order valence-corrected chi connectivity index (χ2v) is 3.99. The zero-order valence-corrected chi connectivity index (χ0v) is 9.64. The number of likely N-dealkylation sites (N-methyl/N-ethyl adjacent to an activating group) is 1. The summed E-state index contributed by atoms with van der Waals surface area (Å²) >= 11 is 0. The SMILES string of the molecule is CCC(O)C(C)(O)CN(C)CCOC=O. The average molecular weight is 219 g/mol. The van der Waals surface area contributed by atoms with Crippen LogP contribution in [0.1, 0.15) is 20.3 Å². The van der Waals surface area contributed by atoms with Crippen LogP contribution in [0.5, 0.6) is 0 Å². The predicted octanol–water partition coefficient (Wildman–Crippen LogP) is -0.387. The van der Waals surface area contributed by atoms with Crippen molar-refractivity contribution in [2.75, 3.05) is 26.7 Å². The summed E-state index contributed by atoms with van der Waals surface area (Å²) in [6.45, 7) is 4.97. The van der Waals surface area contributed by atoms with E-state index in [1.165, 1.54) is 0 Å². The molecule has 5 nitrogen and oxygen atoms in total. The summed E-state index contributed by atoms with van der Waals surface area (Å²) in [5.74, 6) is 0. The second kappa shape index (κ2) is 6.76. The summed E-state index contributed by atoms with van der Waals surface area (Å²) in [5, 5.41) is 19.4. The van der Waals surface area contributed by atoms with Gasteiger partial charge in [-0.2, -0.15) is 0 Å². The monoisotopic (exact) mass is 219 g/mol. The van der Waals surface area contributed by atoms with Gasteiger partial charge in [0.2, 0.25) is 0 Å². The Hall–Kier alpha value is -0.650. The Labute approximate surface area is 90.6 Å². The molecule has 0 saturated carbocycles. The molecule has 0 rings (SSSR count). The van der Waals surface area contributed by atoms with Crippen LogP contribution in [0.25, 0.3) is 0 Å². The zero-order valence-electron chi connectivity index (χ0n) is 9.64. The second-order valence-electron chi connectivity index (χ2n) is 3.99. The molecule has 0 aromatic carbocycles. The van der Waals surface area contributed by atoms with Gasteiger partial charge >= 0.3 is 0 Å². The number of hydrogen-bond acceptors (Lipinski definition) is 5. The Morgan fingerprint density at radius 1 is 1.60 bits per heavy atom. The summed E-state index contributed by atoms with van der Waals surface area (Å²) in [6, 6.07) is 0. The van der Waals surface area contributed by atoms with Gasteiger partial charge in [0, 0.05) is 13.1 Å². The van der Waals surface area contributed by atoms with E-state index >= 15 is 0 Å². The Bertz CT molecular complexity index is 184. The minimum atomic E-state index is -1.13. The van der Waals surface area contributed by atoms with Crippen LogP contribution in [0.4, 0.5) is 0 Å². The van der Waals surface area contributed by atoms with Crippen molar-refractivity contribution in [3.8, 4) is 0 Å². The van der Waals surface area contributed by atoms with Crippen LogP contribution in [0.2, 0.25) is 0 Å². The van der Waals surface area contributed by atoms with Crippen molar-refractivity contribution >= 4 is 6.47 Å². The third kappa shape index (κ3) is 5.71. The van der Waals surface area contributed by atoms with Crippen LogP contribution in [0.3, 0.4) is 0 Å². The van der Waals surface area contributed by atoms with E-state index in [0.717, 1.165) is 0 Å². The quantitative estimate of drug-likeness (QED) is 0.430. The molecular formula is C10H21NO4. The van der Waals surface area contributed by atoms with Gasteiger partial charge in [0.1, 0.15) is 12.2 Å². The minimum Gasteiger partial charge on any atom is -0.467 e. The number of rotatable bonds is 8. The Balaban J connectivity index is 3.92. The summed E-state index contributed by atoms with van der Waals surface area (Å²) in [4.78, 5) is 11.7. The lowest BCUT2D eigenvalue weighted by Crippen LogP contribution is -2.48. The average Bonchev–Trinajstić information content (AvgIpc) is 2.16. The fraction of sp³-hybridized carbons (Fsp3) is 0.900. The summed E-state index contributed by atoms with van der Waals surface area (Å²) in [6.07, 6.45) is -0.238. The number of carbonyl (C=O) groups is 1. The number of nitrogens with zero attached hydrogens (tertiary/aromatic N) is 1. The zero-order chi connectivity index (χ0) is 11.9. The molecule has 15 heavy (non-hydrogen) atoms. The number of ether oxygens (including phenoxy) is 1. The first-order valence-electron chi connectivity index (χ1n) is 5.08. The lowest BCUT2D eigenvalue weighted by atomic mass is 9.96. The van der Waals surface area contributed by atoms with Gasteiger partial charge in [-0.3, -0.25) is 4.79 Å². The molecule has 90 valence electrons. The lowest BCUT2D eigenvalue weighted by Gasteiger charge is -2.32. The van der Waals surface area contributed by atoms with E-state index in [4.69, 9.17) is 0 Å². The maximum absolute atomic E-state index is 9.91. The molecule has 5 heteroatoms. The Kier molecular flexibility index (Phi) is 6.47. The predicted molar refractivity (Wildman–Crippen MR) is 56.4 cm³/mol. The first-order valence-corrected chi connectivity index (χ1v) is 5.08. The molecule has 0 fully saturated rings.